The van der Waals surface area contributed by atoms with Gasteiger partial charge in [0, 0.05) is 10.8 Å². The van der Waals surface area contributed by atoms with Crippen molar-refractivity contribution in [3.05, 3.63) is 0 Å². The van der Waals surface area contributed by atoms with Crippen LogP contribution in [0.4, 0.5) is 0 Å². The summed E-state index contributed by atoms with van der Waals surface area (Å²) in [6.45, 7) is 19.6. The van der Waals surface area contributed by atoms with E-state index in [9.17, 15) is 28.8 Å². The van der Waals surface area contributed by atoms with E-state index in [2.05, 4.69) is 0 Å². The Kier molecular flexibility index (Phi) is 8.38. The van der Waals surface area contributed by atoms with E-state index in [0.29, 0.717) is 12.8 Å². The molecule has 3 aliphatic rings. The highest BCUT2D eigenvalue weighted by Gasteiger charge is 2.86. The molecule has 0 aromatic heterocycles. The predicted molar refractivity (Wildman–Crippen MR) is 151 cm³/mol. The molecule has 4 unspecified atom stereocenters. The van der Waals surface area contributed by atoms with Gasteiger partial charge in [0.25, 0.3) is 0 Å². The molecule has 0 amide bonds. The molecule has 236 valence electrons. The molecule has 0 heterocycles. The Morgan fingerprint density at radius 2 is 0.667 bits per heavy atom. The SMILES string of the molecule is CC(C)(C)OC(=O)C1C(=O)C(C(=O)OC(C)(C)C)C23CCCCC12C(C(=O)OC(C)(C)C)C(=O)C3C(=O)OC(C)(C)C. The first-order valence-corrected chi connectivity index (χ1v) is 14.8. The fraction of sp³-hybridized carbons (Fsp3) is 0.812. The molecule has 3 fully saturated rings. The van der Waals surface area contributed by atoms with Crippen molar-refractivity contribution in [1.29, 1.82) is 0 Å². The van der Waals surface area contributed by atoms with Crippen molar-refractivity contribution < 1.29 is 47.7 Å². The number of ether oxygens (including phenoxy) is 4. The first-order valence-electron chi connectivity index (χ1n) is 14.8. The van der Waals surface area contributed by atoms with Crippen molar-refractivity contribution in [1.82, 2.24) is 0 Å². The zero-order chi connectivity index (χ0) is 32.4. The summed E-state index contributed by atoms with van der Waals surface area (Å²) < 4.78 is 22.9. The van der Waals surface area contributed by atoms with Gasteiger partial charge in [0.05, 0.1) is 0 Å². The van der Waals surface area contributed by atoms with E-state index in [-0.39, 0.29) is 12.8 Å². The van der Waals surface area contributed by atoms with Gasteiger partial charge in [-0.3, -0.25) is 28.8 Å². The van der Waals surface area contributed by atoms with E-state index in [4.69, 9.17) is 18.9 Å². The van der Waals surface area contributed by atoms with Crippen molar-refractivity contribution >= 4 is 35.4 Å². The van der Waals surface area contributed by atoms with E-state index >= 15 is 0 Å². The van der Waals surface area contributed by atoms with Crippen LogP contribution in [0.5, 0.6) is 0 Å². The largest absolute Gasteiger partial charge is 0.459 e. The van der Waals surface area contributed by atoms with Gasteiger partial charge in [0.15, 0.2) is 11.6 Å². The lowest BCUT2D eigenvalue weighted by Crippen LogP contribution is -2.55. The van der Waals surface area contributed by atoms with Gasteiger partial charge < -0.3 is 18.9 Å². The van der Waals surface area contributed by atoms with E-state index in [1.807, 2.05) is 0 Å². The minimum Gasteiger partial charge on any atom is -0.459 e. The van der Waals surface area contributed by atoms with Gasteiger partial charge in [0.2, 0.25) is 0 Å². The molecule has 0 radical (unpaired) electrons. The van der Waals surface area contributed by atoms with E-state index in [0.717, 1.165) is 0 Å². The normalized spacial score (nSPS) is 31.6. The average molecular weight is 593 g/mol. The van der Waals surface area contributed by atoms with E-state index < -0.39 is 92.3 Å². The molecular weight excluding hydrogens is 544 g/mol. The van der Waals surface area contributed by atoms with Crippen LogP contribution in [0.1, 0.15) is 109 Å². The van der Waals surface area contributed by atoms with Crippen LogP contribution in [0.2, 0.25) is 0 Å². The summed E-state index contributed by atoms with van der Waals surface area (Å²) >= 11 is 0. The van der Waals surface area contributed by atoms with Crippen molar-refractivity contribution in [3.63, 3.8) is 0 Å². The number of rotatable bonds is 4. The zero-order valence-electron chi connectivity index (χ0n) is 27.2. The average Bonchev–Trinajstić information content (AvgIpc) is 3.07. The lowest BCUT2D eigenvalue weighted by Gasteiger charge is -2.50. The number of hydrogen-bond donors (Lipinski definition) is 0. The van der Waals surface area contributed by atoms with Gasteiger partial charge in [-0.15, -0.1) is 0 Å². The highest BCUT2D eigenvalue weighted by atomic mass is 16.6. The quantitative estimate of drug-likeness (QED) is 0.260. The molecule has 0 aromatic rings. The number of carbonyl (C=O) groups excluding carboxylic acids is 6. The maximum absolute atomic E-state index is 14.5. The fourth-order valence-electron chi connectivity index (χ4n) is 7.38. The Morgan fingerprint density at radius 3 is 0.833 bits per heavy atom. The van der Waals surface area contributed by atoms with Crippen LogP contribution in [-0.4, -0.2) is 57.8 Å². The van der Waals surface area contributed by atoms with Crippen LogP contribution in [0.25, 0.3) is 0 Å². The lowest BCUT2D eigenvalue weighted by atomic mass is 9.50. The summed E-state index contributed by atoms with van der Waals surface area (Å²) in [6, 6.07) is 0. The van der Waals surface area contributed by atoms with Crippen LogP contribution in [0.3, 0.4) is 0 Å². The summed E-state index contributed by atoms with van der Waals surface area (Å²) in [7, 11) is 0. The second-order valence-corrected chi connectivity index (χ2v) is 16.0. The molecule has 10 heteroatoms. The molecule has 0 aliphatic heterocycles. The van der Waals surface area contributed by atoms with Crippen molar-refractivity contribution in [2.45, 2.75) is 131 Å². The third kappa shape index (κ3) is 5.87. The monoisotopic (exact) mass is 592 g/mol. The third-order valence-electron chi connectivity index (χ3n) is 8.07. The second-order valence-electron chi connectivity index (χ2n) is 16.0. The van der Waals surface area contributed by atoms with E-state index in [1.165, 1.54) is 0 Å². The number of esters is 4. The Bertz CT molecular complexity index is 1000. The Hall–Kier alpha value is -2.78. The van der Waals surface area contributed by atoms with Crippen LogP contribution in [-0.2, 0) is 47.7 Å². The molecule has 3 rings (SSSR count). The van der Waals surface area contributed by atoms with Gasteiger partial charge in [0.1, 0.15) is 46.1 Å². The standard InChI is InChI=1S/C32H48O10/c1-27(2,3)39-23(35)17-21(33)18(24(36)40-28(4,5)6)32-16-14-13-15-31(17,32)19(25(37)41-29(7,8)9)22(34)20(32)26(38)42-30(10,11)12/h17-20H,13-16H2,1-12H3. The predicted octanol–water partition coefficient (Wildman–Crippen LogP) is 4.53. The maximum Gasteiger partial charge on any atom is 0.317 e. The minimum atomic E-state index is -1.76. The lowest BCUT2D eigenvalue weighted by molar-refractivity contribution is -0.188. The highest BCUT2D eigenvalue weighted by molar-refractivity contribution is 6.20. The highest BCUT2D eigenvalue weighted by Crippen LogP contribution is 2.76. The summed E-state index contributed by atoms with van der Waals surface area (Å²) in [5.74, 6) is -12.1. The summed E-state index contributed by atoms with van der Waals surface area (Å²) in [5, 5.41) is 0. The molecule has 4 atom stereocenters. The third-order valence-corrected chi connectivity index (χ3v) is 8.07. The molecular formula is C32H48O10. The first kappa shape index (κ1) is 33.7. The second kappa shape index (κ2) is 10.4. The van der Waals surface area contributed by atoms with E-state index in [1.54, 1.807) is 83.1 Å². The Morgan fingerprint density at radius 1 is 0.476 bits per heavy atom. The topological polar surface area (TPSA) is 139 Å². The minimum absolute atomic E-state index is 0.0525. The number of ketones is 2. The summed E-state index contributed by atoms with van der Waals surface area (Å²) in [6.07, 6.45) is 1.000. The van der Waals surface area contributed by atoms with Crippen molar-refractivity contribution in [2.24, 2.45) is 34.5 Å². The molecule has 3 aliphatic carbocycles. The first-order chi connectivity index (χ1) is 18.8. The van der Waals surface area contributed by atoms with Crippen molar-refractivity contribution in [3.8, 4) is 0 Å². The Balaban J connectivity index is 2.43. The van der Waals surface area contributed by atoms with Gasteiger partial charge in [-0.1, -0.05) is 12.8 Å². The summed E-state index contributed by atoms with van der Waals surface area (Å²) in [5.41, 5.74) is -7.61. The molecule has 0 bridgehead atoms. The molecule has 0 spiro atoms. The maximum atomic E-state index is 14.5. The van der Waals surface area contributed by atoms with Crippen LogP contribution in [0, 0.1) is 34.5 Å². The molecule has 42 heavy (non-hydrogen) atoms. The smallest absolute Gasteiger partial charge is 0.317 e. The van der Waals surface area contributed by atoms with Crippen molar-refractivity contribution in [2.75, 3.05) is 0 Å². The van der Waals surface area contributed by atoms with Crippen LogP contribution < -0.4 is 0 Å². The molecule has 0 N–H and O–H groups in total. The fourth-order valence-corrected chi connectivity index (χ4v) is 7.38. The Labute approximate surface area is 248 Å². The number of carbonyl (C=O) groups is 6. The molecule has 0 saturated heterocycles. The van der Waals surface area contributed by atoms with Crippen LogP contribution >= 0.6 is 0 Å². The molecule has 3 saturated carbocycles. The van der Waals surface area contributed by atoms with Gasteiger partial charge in [-0.25, -0.2) is 0 Å². The summed E-state index contributed by atoms with van der Waals surface area (Å²) in [4.78, 5) is 85.1. The van der Waals surface area contributed by atoms with Crippen LogP contribution in [0.15, 0.2) is 0 Å². The molecule has 0 aromatic carbocycles. The number of hydrogen-bond acceptors (Lipinski definition) is 10. The number of Topliss-reactive ketones (excluding diaryl/α,β-unsaturated/α-hetero) is 2. The van der Waals surface area contributed by atoms with Gasteiger partial charge >= 0.3 is 23.9 Å². The van der Waals surface area contributed by atoms with Gasteiger partial charge in [-0.2, -0.15) is 0 Å². The molecule has 10 nitrogen and oxygen atoms in total. The van der Waals surface area contributed by atoms with Gasteiger partial charge in [-0.05, 0) is 95.9 Å². The zero-order valence-corrected chi connectivity index (χ0v) is 27.2.